The number of fused-ring (bicyclic) bond motifs is 5. The molecular weight excluding hydrogens is 522 g/mol. The summed E-state index contributed by atoms with van der Waals surface area (Å²) in [6.07, 6.45) is 1.67. The van der Waals surface area contributed by atoms with Crippen molar-refractivity contribution in [3.63, 3.8) is 0 Å². The van der Waals surface area contributed by atoms with Crippen LogP contribution in [0.1, 0.15) is 96.1 Å². The zero-order valence-corrected chi connectivity index (χ0v) is 24.6. The van der Waals surface area contributed by atoms with E-state index < -0.39 is 25.6 Å². The average molecular weight is 567 g/mol. The summed E-state index contributed by atoms with van der Waals surface area (Å²) < 4.78 is 61.0. The second kappa shape index (κ2) is 12.0. The van der Waals surface area contributed by atoms with Crippen LogP contribution in [0, 0.1) is 17.3 Å². The Balaban J connectivity index is 0.000000206. The first-order chi connectivity index (χ1) is 17.1. The average Bonchev–Trinajstić information content (AvgIpc) is 3.15. The van der Waals surface area contributed by atoms with E-state index in [1.54, 1.807) is 11.1 Å². The Bertz CT molecular complexity index is 891. The largest absolute Gasteiger partial charge is 0.453 e. The van der Waals surface area contributed by atoms with Crippen LogP contribution in [0.5, 0.6) is 0 Å². The highest BCUT2D eigenvalue weighted by molar-refractivity contribution is 8.55. The minimum Gasteiger partial charge on any atom is -0.393 e. The summed E-state index contributed by atoms with van der Waals surface area (Å²) in [5.74, 6) is -1.84. The van der Waals surface area contributed by atoms with Gasteiger partial charge in [-0.1, -0.05) is 52.0 Å². The molecule has 1 nitrogen and oxygen atoms in total. The molecule has 0 spiro atoms. The van der Waals surface area contributed by atoms with Crippen molar-refractivity contribution >= 4 is 18.5 Å². The smallest absolute Gasteiger partial charge is 0.393 e. The third kappa shape index (κ3) is 6.85. The van der Waals surface area contributed by atoms with Crippen molar-refractivity contribution in [2.75, 3.05) is 12.4 Å². The van der Waals surface area contributed by atoms with Crippen molar-refractivity contribution in [3.8, 4) is 0 Å². The molecule has 0 bridgehead atoms. The number of benzene rings is 1. The molecule has 3 aliphatic carbocycles. The Kier molecular flexibility index (Phi) is 10.1. The number of rotatable bonds is 7. The summed E-state index contributed by atoms with van der Waals surface area (Å²) in [4.78, 5) is 0. The lowest BCUT2D eigenvalue weighted by Crippen LogP contribution is -2.43. The maximum absolute atomic E-state index is 12.6. The number of halogens is 5. The zero-order valence-electron chi connectivity index (χ0n) is 22.9. The minimum atomic E-state index is -5.42. The first-order valence-corrected chi connectivity index (χ1v) is 17.1. The molecule has 2 saturated carbocycles. The van der Waals surface area contributed by atoms with Crippen LogP contribution in [-0.2, 0) is 6.42 Å². The van der Waals surface area contributed by atoms with Crippen LogP contribution in [0.15, 0.2) is 24.3 Å². The molecule has 0 radical (unpaired) electrons. The van der Waals surface area contributed by atoms with Crippen LogP contribution in [0.3, 0.4) is 0 Å². The fraction of sp³-hybridized carbons (Fsp3) is 0.793. The normalized spacial score (nSPS) is 30.5. The minimum absolute atomic E-state index is 0.0457. The molecule has 6 unspecified atom stereocenters. The quantitative estimate of drug-likeness (QED) is 0.201. The first kappa shape index (κ1) is 31.1. The van der Waals surface area contributed by atoms with Gasteiger partial charge in [-0.15, -0.1) is 11.4 Å². The number of aryl methyl sites for hydroxylation is 1. The van der Waals surface area contributed by atoms with E-state index in [2.05, 4.69) is 52.0 Å². The maximum atomic E-state index is 12.6. The number of hydrogen-bond donors (Lipinski definition) is 1. The molecule has 0 aliphatic heterocycles. The van der Waals surface area contributed by atoms with Gasteiger partial charge in [-0.05, 0) is 110 Å². The van der Waals surface area contributed by atoms with E-state index >= 15 is 0 Å². The number of alkyl halides is 5. The highest BCUT2D eigenvalue weighted by Crippen LogP contribution is 2.61. The number of aliphatic hydroxyl groups excluding tert-OH is 1. The topological polar surface area (TPSA) is 20.2 Å². The monoisotopic (exact) mass is 566 g/mol. The number of aliphatic hydroxyl groups is 1. The van der Waals surface area contributed by atoms with E-state index in [1.165, 1.54) is 43.5 Å². The van der Waals surface area contributed by atoms with Crippen LogP contribution >= 0.6 is 18.5 Å². The second-order valence-electron chi connectivity index (χ2n) is 12.1. The molecule has 1 N–H and O–H groups in total. The van der Waals surface area contributed by atoms with Gasteiger partial charge in [-0.2, -0.15) is 22.0 Å². The summed E-state index contributed by atoms with van der Waals surface area (Å²) in [5, 5.41) is 10.5. The highest BCUT2D eigenvalue weighted by Gasteiger charge is 2.56. The maximum Gasteiger partial charge on any atom is 0.453 e. The van der Waals surface area contributed by atoms with E-state index in [-0.39, 0.29) is 23.1 Å². The van der Waals surface area contributed by atoms with Gasteiger partial charge in [-0.25, -0.2) is 0 Å². The van der Waals surface area contributed by atoms with E-state index in [0.29, 0.717) is 5.75 Å². The molecular formula is C29H44F5OPS. The summed E-state index contributed by atoms with van der Waals surface area (Å²) in [6, 6.07) is 9.08. The third-order valence-electron chi connectivity index (χ3n) is 9.64. The molecule has 0 saturated heterocycles. The van der Waals surface area contributed by atoms with Gasteiger partial charge in [0.05, 0.1) is 6.10 Å². The van der Waals surface area contributed by atoms with Crippen molar-refractivity contribution in [1.29, 1.82) is 0 Å². The van der Waals surface area contributed by atoms with Crippen LogP contribution in [0.2, 0.25) is 0 Å². The highest BCUT2D eigenvalue weighted by atomic mass is 32.7. The Morgan fingerprint density at radius 3 is 2.38 bits per heavy atom. The molecule has 4 rings (SSSR count). The first-order valence-electron chi connectivity index (χ1n) is 13.7. The molecule has 37 heavy (non-hydrogen) atoms. The van der Waals surface area contributed by atoms with Gasteiger partial charge in [0.1, 0.15) is 0 Å². The van der Waals surface area contributed by atoms with E-state index in [9.17, 15) is 27.1 Å². The Morgan fingerprint density at radius 1 is 1.05 bits per heavy atom. The predicted molar refractivity (Wildman–Crippen MR) is 147 cm³/mol. The standard InChI is InChI=1S/C18H24O.C11H20F5PS/c1-18-11-10-14-13-5-3-2-4-12(13)6-7-15(14)16(18)8-9-17(18)19;1-5-9(2,3)17(4)18-8-6-7-10(12,13)11(14,15)16/h2-5,14-17,19H,6-11H2,1H3;5-8H2,1-4H3. The molecule has 0 heterocycles. The van der Waals surface area contributed by atoms with Gasteiger partial charge in [0.25, 0.3) is 0 Å². The summed E-state index contributed by atoms with van der Waals surface area (Å²) in [7, 11) is -0.409. The summed E-state index contributed by atoms with van der Waals surface area (Å²) in [5.41, 5.74) is 3.43. The van der Waals surface area contributed by atoms with E-state index in [4.69, 9.17) is 0 Å². The Hall–Kier alpha value is -0.390. The SMILES string of the molecule is CC12CCC3c4ccccc4CCC3C1CCC2O.CCC(C)(C)P(C)SCCCC(F)(F)C(F)(F)F. The van der Waals surface area contributed by atoms with Gasteiger partial charge in [0.15, 0.2) is 0 Å². The van der Waals surface area contributed by atoms with E-state index in [0.717, 1.165) is 30.6 Å². The van der Waals surface area contributed by atoms with Crippen molar-refractivity contribution < 1.29 is 27.1 Å². The summed E-state index contributed by atoms with van der Waals surface area (Å²) >= 11 is 1.52. The van der Waals surface area contributed by atoms with Crippen LogP contribution in [-0.4, -0.2) is 40.9 Å². The predicted octanol–water partition coefficient (Wildman–Crippen LogP) is 9.82. The van der Waals surface area contributed by atoms with Crippen molar-refractivity contribution in [3.05, 3.63) is 35.4 Å². The lowest BCUT2D eigenvalue weighted by atomic mass is 9.55. The summed E-state index contributed by atoms with van der Waals surface area (Å²) in [6.45, 7) is 10.6. The molecule has 212 valence electrons. The second-order valence-corrected chi connectivity index (χ2v) is 17.3. The molecule has 6 atom stereocenters. The Morgan fingerprint density at radius 2 is 1.73 bits per heavy atom. The van der Waals surface area contributed by atoms with Crippen molar-refractivity contribution in [1.82, 2.24) is 0 Å². The fourth-order valence-corrected chi connectivity index (χ4v) is 10.5. The molecule has 1 aromatic rings. The molecule has 8 heteroatoms. The van der Waals surface area contributed by atoms with Crippen molar-refractivity contribution in [2.45, 2.75) is 115 Å². The van der Waals surface area contributed by atoms with Gasteiger partial charge in [0.2, 0.25) is 0 Å². The van der Waals surface area contributed by atoms with Crippen molar-refractivity contribution in [2.24, 2.45) is 17.3 Å². The van der Waals surface area contributed by atoms with Crippen LogP contribution in [0.25, 0.3) is 0 Å². The molecule has 3 aliphatic rings. The molecule has 0 aromatic heterocycles. The number of hydrogen-bond acceptors (Lipinski definition) is 2. The van der Waals surface area contributed by atoms with Gasteiger partial charge < -0.3 is 5.11 Å². The zero-order chi connectivity index (χ0) is 27.6. The molecule has 2 fully saturated rings. The lowest BCUT2D eigenvalue weighted by Gasteiger charge is -2.50. The fourth-order valence-electron chi connectivity index (χ4n) is 6.53. The van der Waals surface area contributed by atoms with Gasteiger partial charge in [-0.3, -0.25) is 0 Å². The van der Waals surface area contributed by atoms with Crippen LogP contribution in [0.4, 0.5) is 22.0 Å². The van der Waals surface area contributed by atoms with Gasteiger partial charge >= 0.3 is 12.1 Å². The third-order valence-corrected chi connectivity index (χ3v) is 15.7. The molecule has 0 amide bonds. The van der Waals surface area contributed by atoms with Gasteiger partial charge in [0, 0.05) is 6.42 Å². The van der Waals surface area contributed by atoms with E-state index in [1.807, 2.05) is 6.66 Å². The van der Waals surface area contributed by atoms with Crippen LogP contribution < -0.4 is 0 Å². The lowest BCUT2D eigenvalue weighted by molar-refractivity contribution is -0.284. The Labute approximate surface area is 225 Å². The molecule has 1 aromatic carbocycles.